The fraction of sp³-hybridized carbons (Fsp3) is 0.350. The van der Waals surface area contributed by atoms with Gasteiger partial charge in [-0.15, -0.1) is 0 Å². The van der Waals surface area contributed by atoms with Crippen molar-refractivity contribution >= 4 is 11.6 Å². The number of ether oxygens (including phenoxy) is 3. The summed E-state index contributed by atoms with van der Waals surface area (Å²) in [7, 11) is 0. The smallest absolute Gasteiger partial charge is 0.255 e. The molecule has 0 radical (unpaired) electrons. The maximum absolute atomic E-state index is 12.5. The van der Waals surface area contributed by atoms with E-state index in [4.69, 9.17) is 14.2 Å². The van der Waals surface area contributed by atoms with Crippen LogP contribution in [0.1, 0.15) is 31.1 Å². The van der Waals surface area contributed by atoms with Gasteiger partial charge in [-0.25, -0.2) is 0 Å². The summed E-state index contributed by atoms with van der Waals surface area (Å²) in [6.45, 7) is 7.83. The predicted molar refractivity (Wildman–Crippen MR) is 96.8 cm³/mol. The SMILES string of the molecule is CCOc1ccc(NC(=O)c2ccc3c(c2)OCC(C)(C)CO3)cc1. The molecule has 0 bridgehead atoms. The molecule has 0 fully saturated rings. The molecule has 1 aliphatic rings. The number of nitrogens with one attached hydrogen (secondary N) is 1. The van der Waals surface area contributed by atoms with E-state index in [2.05, 4.69) is 19.2 Å². The highest BCUT2D eigenvalue weighted by Crippen LogP contribution is 2.34. The van der Waals surface area contributed by atoms with Crippen molar-refractivity contribution in [3.05, 3.63) is 48.0 Å². The van der Waals surface area contributed by atoms with Gasteiger partial charge in [0, 0.05) is 16.7 Å². The van der Waals surface area contributed by atoms with Crippen molar-refractivity contribution in [2.24, 2.45) is 5.41 Å². The van der Waals surface area contributed by atoms with Crippen LogP contribution in [0, 0.1) is 5.41 Å². The molecule has 1 amide bonds. The van der Waals surface area contributed by atoms with E-state index in [1.807, 2.05) is 31.2 Å². The van der Waals surface area contributed by atoms with Crippen LogP contribution in [0.25, 0.3) is 0 Å². The number of fused-ring (bicyclic) bond motifs is 1. The van der Waals surface area contributed by atoms with Crippen molar-refractivity contribution in [1.82, 2.24) is 0 Å². The van der Waals surface area contributed by atoms with E-state index < -0.39 is 0 Å². The van der Waals surface area contributed by atoms with Crippen LogP contribution in [0.15, 0.2) is 42.5 Å². The van der Waals surface area contributed by atoms with E-state index in [9.17, 15) is 4.79 Å². The number of hydrogen-bond acceptors (Lipinski definition) is 4. The minimum atomic E-state index is -0.195. The molecule has 0 saturated heterocycles. The first-order chi connectivity index (χ1) is 12.0. The first-order valence-electron chi connectivity index (χ1n) is 8.41. The van der Waals surface area contributed by atoms with Crippen LogP contribution >= 0.6 is 0 Å². The molecule has 0 saturated carbocycles. The number of anilines is 1. The quantitative estimate of drug-likeness (QED) is 0.908. The Kier molecular flexibility index (Phi) is 4.83. The van der Waals surface area contributed by atoms with Gasteiger partial charge in [-0.3, -0.25) is 4.79 Å². The fourth-order valence-corrected chi connectivity index (χ4v) is 2.47. The molecule has 5 nitrogen and oxygen atoms in total. The van der Waals surface area contributed by atoms with E-state index in [0.717, 1.165) is 5.75 Å². The first kappa shape index (κ1) is 17.1. The lowest BCUT2D eigenvalue weighted by atomic mass is 9.97. The topological polar surface area (TPSA) is 56.8 Å². The van der Waals surface area contributed by atoms with Crippen molar-refractivity contribution in [3.63, 3.8) is 0 Å². The van der Waals surface area contributed by atoms with Crippen LogP contribution in [-0.2, 0) is 0 Å². The van der Waals surface area contributed by atoms with E-state index in [0.29, 0.717) is 42.6 Å². The lowest BCUT2D eigenvalue weighted by molar-refractivity contribution is 0.102. The van der Waals surface area contributed by atoms with Gasteiger partial charge < -0.3 is 19.5 Å². The molecule has 1 aliphatic heterocycles. The highest BCUT2D eigenvalue weighted by Gasteiger charge is 2.25. The lowest BCUT2D eigenvalue weighted by Gasteiger charge is -2.19. The fourth-order valence-electron chi connectivity index (χ4n) is 2.47. The Hall–Kier alpha value is -2.69. The van der Waals surface area contributed by atoms with Crippen LogP contribution in [0.2, 0.25) is 0 Å². The van der Waals surface area contributed by atoms with Crippen molar-refractivity contribution in [1.29, 1.82) is 0 Å². The Balaban J connectivity index is 1.72. The molecule has 5 heteroatoms. The Morgan fingerprint density at radius 3 is 2.44 bits per heavy atom. The molecule has 0 aliphatic carbocycles. The molecule has 0 aromatic heterocycles. The van der Waals surface area contributed by atoms with E-state index in [-0.39, 0.29) is 11.3 Å². The summed E-state index contributed by atoms with van der Waals surface area (Å²) in [5.74, 6) is 1.85. The second-order valence-corrected chi connectivity index (χ2v) is 6.81. The third-order valence-corrected chi connectivity index (χ3v) is 3.87. The zero-order chi connectivity index (χ0) is 17.9. The average molecular weight is 341 g/mol. The van der Waals surface area contributed by atoms with E-state index in [1.165, 1.54) is 0 Å². The van der Waals surface area contributed by atoms with Crippen LogP contribution in [0.4, 0.5) is 5.69 Å². The third kappa shape index (κ3) is 4.24. The molecule has 2 aromatic carbocycles. The molecular formula is C20H23NO4. The number of carbonyl (C=O) groups is 1. The van der Waals surface area contributed by atoms with Gasteiger partial charge in [-0.1, -0.05) is 13.8 Å². The van der Waals surface area contributed by atoms with Crippen LogP contribution in [0.5, 0.6) is 17.2 Å². The number of hydrogen-bond donors (Lipinski definition) is 1. The minimum absolute atomic E-state index is 0.0657. The van der Waals surface area contributed by atoms with Gasteiger partial charge in [0.1, 0.15) is 5.75 Å². The van der Waals surface area contributed by atoms with Crippen molar-refractivity contribution in [3.8, 4) is 17.2 Å². The standard InChI is InChI=1S/C20H23NO4/c1-4-23-16-8-6-15(7-9-16)21-19(22)14-5-10-17-18(11-14)25-13-20(2,3)12-24-17/h5-11H,4,12-13H2,1-3H3,(H,21,22). The van der Waals surface area contributed by atoms with Crippen molar-refractivity contribution < 1.29 is 19.0 Å². The summed E-state index contributed by atoms with van der Waals surface area (Å²) < 4.78 is 17.0. The molecule has 2 aromatic rings. The van der Waals surface area contributed by atoms with Gasteiger partial charge in [0.05, 0.1) is 19.8 Å². The molecular weight excluding hydrogens is 318 g/mol. The van der Waals surface area contributed by atoms with E-state index in [1.54, 1.807) is 18.2 Å². The Bertz CT molecular complexity index is 753. The van der Waals surface area contributed by atoms with Gasteiger partial charge in [0.2, 0.25) is 0 Å². The summed E-state index contributed by atoms with van der Waals surface area (Å²) in [4.78, 5) is 12.5. The Labute approximate surface area is 147 Å². The summed E-state index contributed by atoms with van der Waals surface area (Å²) >= 11 is 0. The van der Waals surface area contributed by atoms with Gasteiger partial charge in [-0.2, -0.15) is 0 Å². The average Bonchev–Trinajstić information content (AvgIpc) is 2.75. The van der Waals surface area contributed by atoms with Gasteiger partial charge >= 0.3 is 0 Å². The maximum atomic E-state index is 12.5. The molecule has 0 spiro atoms. The molecule has 132 valence electrons. The number of rotatable bonds is 4. The molecule has 3 rings (SSSR count). The van der Waals surface area contributed by atoms with Gasteiger partial charge in [0.15, 0.2) is 11.5 Å². The molecule has 0 atom stereocenters. The van der Waals surface area contributed by atoms with Crippen molar-refractivity contribution in [2.45, 2.75) is 20.8 Å². The largest absolute Gasteiger partial charge is 0.494 e. The number of amides is 1. The summed E-state index contributed by atoms with van der Waals surface area (Å²) in [6, 6.07) is 12.5. The summed E-state index contributed by atoms with van der Waals surface area (Å²) in [5.41, 5.74) is 1.17. The maximum Gasteiger partial charge on any atom is 0.255 e. The van der Waals surface area contributed by atoms with Crippen molar-refractivity contribution in [2.75, 3.05) is 25.1 Å². The zero-order valence-corrected chi connectivity index (χ0v) is 14.8. The predicted octanol–water partition coefficient (Wildman–Crippen LogP) is 4.14. The highest BCUT2D eigenvalue weighted by molar-refractivity contribution is 6.04. The summed E-state index contributed by atoms with van der Waals surface area (Å²) in [5, 5.41) is 2.88. The minimum Gasteiger partial charge on any atom is -0.494 e. The molecule has 25 heavy (non-hydrogen) atoms. The zero-order valence-electron chi connectivity index (χ0n) is 14.8. The molecule has 1 N–H and O–H groups in total. The second kappa shape index (κ2) is 7.05. The normalized spacial score (nSPS) is 15.2. The van der Waals surface area contributed by atoms with Crippen LogP contribution < -0.4 is 19.5 Å². The molecule has 0 unspecified atom stereocenters. The first-order valence-corrected chi connectivity index (χ1v) is 8.41. The van der Waals surface area contributed by atoms with Crippen LogP contribution in [-0.4, -0.2) is 25.7 Å². The molecule has 1 heterocycles. The summed E-state index contributed by atoms with van der Waals surface area (Å²) in [6.07, 6.45) is 0. The van der Waals surface area contributed by atoms with Gasteiger partial charge in [0.25, 0.3) is 5.91 Å². The van der Waals surface area contributed by atoms with Crippen LogP contribution in [0.3, 0.4) is 0 Å². The van der Waals surface area contributed by atoms with E-state index >= 15 is 0 Å². The Morgan fingerprint density at radius 2 is 1.76 bits per heavy atom. The van der Waals surface area contributed by atoms with Gasteiger partial charge in [-0.05, 0) is 49.4 Å². The monoisotopic (exact) mass is 341 g/mol. The number of carbonyl (C=O) groups excluding carboxylic acids is 1. The lowest BCUT2D eigenvalue weighted by Crippen LogP contribution is -2.26. The number of benzene rings is 2. The Morgan fingerprint density at radius 1 is 1.08 bits per heavy atom. The third-order valence-electron chi connectivity index (χ3n) is 3.87. The second-order valence-electron chi connectivity index (χ2n) is 6.81. The highest BCUT2D eigenvalue weighted by atomic mass is 16.5.